The van der Waals surface area contributed by atoms with Gasteiger partial charge in [-0.1, -0.05) is 25.7 Å². The van der Waals surface area contributed by atoms with Crippen molar-refractivity contribution in [2.75, 3.05) is 19.7 Å². The number of hydrogen-bond donors (Lipinski definition) is 2. The highest BCUT2D eigenvalue weighted by Gasteiger charge is 2.36. The van der Waals surface area contributed by atoms with Gasteiger partial charge in [-0.2, -0.15) is 0 Å². The number of nitrogens with one attached hydrogen (secondary N) is 1. The number of nitrogens with zero attached hydrogens (tertiary/aromatic N) is 9. The molecule has 54 heavy (non-hydrogen) atoms. The number of likely N-dealkylation sites (tertiary alicyclic amines) is 2. The SMILES string of the molecule is CC(C)(C)OC(=O)N1CCC[C@H]1c1nc(-c2cnc(-c3cnc4cc(-c5cnc([C@@H]6CCCN6C(=O)O)n5COCC[Si](C)(C)C)ccc4n3)nc2)c[nH]1. The maximum absolute atomic E-state index is 12.8. The fourth-order valence-electron chi connectivity index (χ4n) is 6.94. The Morgan fingerprint density at radius 3 is 2.35 bits per heavy atom. The van der Waals surface area contributed by atoms with Gasteiger partial charge in [0.25, 0.3) is 0 Å². The maximum atomic E-state index is 12.8. The van der Waals surface area contributed by atoms with Crippen LogP contribution in [0.4, 0.5) is 9.59 Å². The fourth-order valence-corrected chi connectivity index (χ4v) is 7.69. The van der Waals surface area contributed by atoms with Gasteiger partial charge in [0.2, 0.25) is 0 Å². The number of benzene rings is 1. The minimum atomic E-state index is -1.29. The summed E-state index contributed by atoms with van der Waals surface area (Å²) in [5.74, 6) is 1.82. The standard InChI is InChI=1S/C38H48N10O5Si/c1-38(2,3)53-37(51)47-14-7-9-30(47)34-42-20-28(45-34)25-18-40-33(41-19-25)29-21-39-27-17-24(11-12-26(27)44-29)32-22-43-35(31-10-8-13-46(31)36(49)50)48(32)23-52-15-16-54(4,5)6/h11-12,17-22,30-31H,7-10,13-16,23H2,1-6H3,(H,42,45)(H,49,50)/t30-,31-/m0/s1. The van der Waals surface area contributed by atoms with Crippen molar-refractivity contribution in [1.29, 1.82) is 0 Å². The number of carboxylic acid groups (broad SMARTS) is 1. The highest BCUT2D eigenvalue weighted by atomic mass is 28.3. The summed E-state index contributed by atoms with van der Waals surface area (Å²) in [6, 6.07) is 6.35. The first-order chi connectivity index (χ1) is 25.7. The number of fused-ring (bicyclic) bond motifs is 1. The first-order valence-electron chi connectivity index (χ1n) is 18.5. The van der Waals surface area contributed by atoms with Gasteiger partial charge in [-0.05, 0) is 64.6 Å². The Morgan fingerprint density at radius 2 is 1.63 bits per heavy atom. The van der Waals surface area contributed by atoms with Gasteiger partial charge in [0.15, 0.2) is 5.82 Å². The molecule has 2 saturated heterocycles. The van der Waals surface area contributed by atoms with Gasteiger partial charge in [-0.3, -0.25) is 14.8 Å². The molecule has 7 rings (SSSR count). The van der Waals surface area contributed by atoms with Crippen LogP contribution in [0.25, 0.3) is 45.1 Å². The molecule has 2 fully saturated rings. The summed E-state index contributed by atoms with van der Waals surface area (Å²) >= 11 is 0. The van der Waals surface area contributed by atoms with E-state index in [1.807, 2.05) is 43.5 Å². The van der Waals surface area contributed by atoms with Gasteiger partial charge in [0, 0.05) is 57.5 Å². The summed E-state index contributed by atoms with van der Waals surface area (Å²) < 4.78 is 13.8. The van der Waals surface area contributed by atoms with E-state index in [1.165, 1.54) is 4.90 Å². The van der Waals surface area contributed by atoms with Gasteiger partial charge in [-0.25, -0.2) is 34.5 Å². The molecular formula is C38H48N10O5Si. The molecule has 15 nitrogen and oxygen atoms in total. The average molecular weight is 753 g/mol. The predicted octanol–water partition coefficient (Wildman–Crippen LogP) is 7.54. The number of aromatic nitrogens is 8. The van der Waals surface area contributed by atoms with Crippen LogP contribution in [0.5, 0.6) is 0 Å². The zero-order chi connectivity index (χ0) is 38.2. The van der Waals surface area contributed by atoms with E-state index in [4.69, 9.17) is 29.4 Å². The van der Waals surface area contributed by atoms with Crippen molar-refractivity contribution in [1.82, 2.24) is 49.3 Å². The number of imidazole rings is 2. The largest absolute Gasteiger partial charge is 0.465 e. The van der Waals surface area contributed by atoms with Crippen molar-refractivity contribution in [2.24, 2.45) is 0 Å². The van der Waals surface area contributed by atoms with Crippen molar-refractivity contribution in [3.63, 3.8) is 0 Å². The van der Waals surface area contributed by atoms with Gasteiger partial charge < -0.3 is 24.1 Å². The van der Waals surface area contributed by atoms with E-state index in [2.05, 4.69) is 34.6 Å². The van der Waals surface area contributed by atoms with Crippen LogP contribution in [0.2, 0.25) is 25.7 Å². The molecule has 0 spiro atoms. The minimum Gasteiger partial charge on any atom is -0.465 e. The molecule has 0 unspecified atom stereocenters. The van der Waals surface area contributed by atoms with E-state index in [9.17, 15) is 14.7 Å². The van der Waals surface area contributed by atoms with Crippen LogP contribution in [-0.4, -0.2) is 99.9 Å². The summed E-state index contributed by atoms with van der Waals surface area (Å²) in [7, 11) is -1.29. The molecular weight excluding hydrogens is 705 g/mol. The number of rotatable bonds is 10. The highest BCUT2D eigenvalue weighted by molar-refractivity contribution is 6.76. The minimum absolute atomic E-state index is 0.187. The van der Waals surface area contributed by atoms with Crippen LogP contribution in [0.3, 0.4) is 0 Å². The molecule has 2 atom stereocenters. The third-order valence-electron chi connectivity index (χ3n) is 9.71. The molecule has 1 aromatic carbocycles. The van der Waals surface area contributed by atoms with E-state index in [-0.39, 0.29) is 24.9 Å². The third kappa shape index (κ3) is 8.13. The van der Waals surface area contributed by atoms with E-state index in [0.717, 1.165) is 42.1 Å². The quantitative estimate of drug-likeness (QED) is 0.106. The van der Waals surface area contributed by atoms with Gasteiger partial charge in [0.05, 0.1) is 46.9 Å². The number of amides is 2. The van der Waals surface area contributed by atoms with Crippen molar-refractivity contribution in [3.8, 4) is 34.0 Å². The fraction of sp³-hybridized carbons (Fsp3) is 0.474. The smallest absolute Gasteiger partial charge is 0.410 e. The van der Waals surface area contributed by atoms with Crippen LogP contribution < -0.4 is 0 Å². The molecule has 2 aliphatic heterocycles. The first kappa shape index (κ1) is 37.1. The summed E-state index contributed by atoms with van der Waals surface area (Å²) in [6.45, 7) is 14.5. The Hall–Kier alpha value is -5.22. The molecule has 0 aliphatic carbocycles. The number of ether oxygens (including phenoxy) is 2. The molecule has 16 heteroatoms. The molecule has 0 saturated carbocycles. The number of H-pyrrole nitrogens is 1. The predicted molar refractivity (Wildman–Crippen MR) is 205 cm³/mol. The maximum Gasteiger partial charge on any atom is 0.410 e. The molecule has 2 aliphatic rings. The van der Waals surface area contributed by atoms with Crippen LogP contribution in [-0.2, 0) is 16.2 Å². The third-order valence-corrected chi connectivity index (χ3v) is 11.4. The van der Waals surface area contributed by atoms with Gasteiger partial charge in [0.1, 0.15) is 29.7 Å². The number of carbonyl (C=O) groups is 2. The van der Waals surface area contributed by atoms with Crippen molar-refractivity contribution in [2.45, 2.75) is 96.6 Å². The van der Waals surface area contributed by atoms with Crippen molar-refractivity contribution >= 4 is 31.3 Å². The Balaban J connectivity index is 1.09. The topological polar surface area (TPSA) is 177 Å². The highest BCUT2D eigenvalue weighted by Crippen LogP contribution is 2.35. The van der Waals surface area contributed by atoms with Gasteiger partial charge >= 0.3 is 12.2 Å². The van der Waals surface area contributed by atoms with E-state index < -0.39 is 19.8 Å². The second kappa shape index (κ2) is 14.9. The number of hydrogen-bond acceptors (Lipinski definition) is 10. The average Bonchev–Trinajstić information content (AvgIpc) is 3.95. The molecule has 284 valence electrons. The summed E-state index contributed by atoms with van der Waals surface area (Å²) in [5, 5.41) is 9.86. The lowest BCUT2D eigenvalue weighted by Crippen LogP contribution is -2.36. The van der Waals surface area contributed by atoms with Crippen LogP contribution in [0.15, 0.2) is 49.2 Å². The number of aromatic amines is 1. The number of carbonyl (C=O) groups excluding carboxylic acids is 1. The van der Waals surface area contributed by atoms with Crippen molar-refractivity contribution in [3.05, 3.63) is 60.8 Å². The zero-order valence-corrected chi connectivity index (χ0v) is 32.7. The molecule has 6 heterocycles. The lowest BCUT2D eigenvalue weighted by atomic mass is 10.1. The molecule has 2 N–H and O–H groups in total. The normalized spacial score (nSPS) is 17.8. The van der Waals surface area contributed by atoms with Crippen LogP contribution in [0.1, 0.15) is 70.2 Å². The Kier molecular flexibility index (Phi) is 10.2. The summed E-state index contributed by atoms with van der Waals surface area (Å²) in [5.41, 5.74) is 4.43. The van der Waals surface area contributed by atoms with E-state index >= 15 is 0 Å². The Bertz CT molecular complexity index is 2140. The lowest BCUT2D eigenvalue weighted by molar-refractivity contribution is 0.0218. The molecule has 4 aromatic heterocycles. The first-order valence-corrected chi connectivity index (χ1v) is 22.2. The second-order valence-corrected chi connectivity index (χ2v) is 21.8. The van der Waals surface area contributed by atoms with Crippen molar-refractivity contribution < 1.29 is 24.2 Å². The summed E-state index contributed by atoms with van der Waals surface area (Å²) in [6.07, 6.45) is 10.6. The Labute approximate surface area is 315 Å². The van der Waals surface area contributed by atoms with Gasteiger partial charge in [-0.15, -0.1) is 0 Å². The molecule has 2 amide bonds. The van der Waals surface area contributed by atoms with Crippen LogP contribution >= 0.6 is 0 Å². The molecule has 0 radical (unpaired) electrons. The zero-order valence-electron chi connectivity index (χ0n) is 31.7. The summed E-state index contributed by atoms with van der Waals surface area (Å²) in [4.78, 5) is 59.5. The van der Waals surface area contributed by atoms with E-state index in [0.29, 0.717) is 66.0 Å². The lowest BCUT2D eigenvalue weighted by Gasteiger charge is -2.27. The van der Waals surface area contributed by atoms with E-state index in [1.54, 1.807) is 35.9 Å². The van der Waals surface area contributed by atoms with Crippen LogP contribution in [0, 0.1) is 0 Å². The Morgan fingerprint density at radius 1 is 0.889 bits per heavy atom. The molecule has 0 bridgehead atoms. The monoisotopic (exact) mass is 752 g/mol. The molecule has 5 aromatic rings. The second-order valence-electron chi connectivity index (χ2n) is 16.2.